The Morgan fingerprint density at radius 3 is 2.80 bits per heavy atom. The van der Waals surface area contributed by atoms with Crippen molar-refractivity contribution in [2.45, 2.75) is 13.3 Å². The summed E-state index contributed by atoms with van der Waals surface area (Å²) in [6.07, 6.45) is 0.885. The van der Waals surface area contributed by atoms with E-state index in [1.807, 2.05) is 43.3 Å². The smallest absolute Gasteiger partial charge is 0.119 e. The average molecular weight is 266 g/mol. The van der Waals surface area contributed by atoms with Crippen molar-refractivity contribution in [3.8, 4) is 11.8 Å². The molecular weight excluding hydrogens is 248 g/mol. The Morgan fingerprint density at radius 2 is 2.05 bits per heavy atom. The third kappa shape index (κ3) is 3.52. The van der Waals surface area contributed by atoms with Crippen molar-refractivity contribution in [2.24, 2.45) is 0 Å². The third-order valence-electron chi connectivity index (χ3n) is 3.16. The zero-order chi connectivity index (χ0) is 14.4. The highest BCUT2D eigenvalue weighted by Crippen LogP contribution is 2.17. The zero-order valence-corrected chi connectivity index (χ0v) is 11.8. The maximum absolute atomic E-state index is 9.09. The average Bonchev–Trinajstić information content (AvgIpc) is 2.48. The molecule has 3 heteroatoms. The number of hydrogen-bond acceptors (Lipinski definition) is 3. The molecule has 2 aromatic rings. The van der Waals surface area contributed by atoms with Crippen molar-refractivity contribution in [2.75, 3.05) is 19.0 Å². The summed E-state index contributed by atoms with van der Waals surface area (Å²) >= 11 is 0. The second-order valence-corrected chi connectivity index (χ2v) is 4.69. The predicted molar refractivity (Wildman–Crippen MR) is 81.1 cm³/mol. The van der Waals surface area contributed by atoms with Crippen molar-refractivity contribution >= 4 is 5.69 Å². The molecule has 20 heavy (non-hydrogen) atoms. The van der Waals surface area contributed by atoms with Crippen LogP contribution in [-0.4, -0.2) is 13.7 Å². The number of anilines is 1. The Kier molecular flexibility index (Phi) is 4.62. The number of benzene rings is 2. The maximum Gasteiger partial charge on any atom is 0.119 e. The Balaban J connectivity index is 1.99. The molecule has 0 saturated carbocycles. The predicted octanol–water partition coefficient (Wildman–Crippen LogP) is 3.53. The first-order valence-corrected chi connectivity index (χ1v) is 6.60. The molecule has 0 aromatic heterocycles. The lowest BCUT2D eigenvalue weighted by atomic mass is 10.1. The standard InChI is InChI=1S/C17H18N2O/c1-13-6-7-15(12-18)17(10-13)19-9-8-14-4-3-5-16(11-14)20-2/h3-7,10-11,19H,8-9H2,1-2H3. The van der Waals surface area contributed by atoms with Gasteiger partial charge in [0.1, 0.15) is 11.8 Å². The van der Waals surface area contributed by atoms with Crippen LogP contribution >= 0.6 is 0 Å². The molecule has 0 radical (unpaired) electrons. The van der Waals surface area contributed by atoms with Gasteiger partial charge in [-0.05, 0) is 48.7 Å². The molecule has 0 bridgehead atoms. The largest absolute Gasteiger partial charge is 0.497 e. The molecule has 0 heterocycles. The van der Waals surface area contributed by atoms with Gasteiger partial charge in [-0.15, -0.1) is 0 Å². The Bertz CT molecular complexity index is 629. The SMILES string of the molecule is COc1cccc(CCNc2cc(C)ccc2C#N)c1. The van der Waals surface area contributed by atoms with Crippen LogP contribution in [0.25, 0.3) is 0 Å². The van der Waals surface area contributed by atoms with Crippen LogP contribution in [-0.2, 0) is 6.42 Å². The van der Waals surface area contributed by atoms with Crippen LogP contribution in [0, 0.1) is 18.3 Å². The molecular formula is C17H18N2O. The summed E-state index contributed by atoms with van der Waals surface area (Å²) in [4.78, 5) is 0. The van der Waals surface area contributed by atoms with Crippen molar-refractivity contribution in [1.29, 1.82) is 5.26 Å². The van der Waals surface area contributed by atoms with Gasteiger partial charge in [-0.2, -0.15) is 5.26 Å². The molecule has 0 fully saturated rings. The highest BCUT2D eigenvalue weighted by molar-refractivity contribution is 5.58. The summed E-state index contributed by atoms with van der Waals surface area (Å²) in [5, 5.41) is 12.4. The number of nitriles is 1. The zero-order valence-electron chi connectivity index (χ0n) is 11.8. The fraction of sp³-hybridized carbons (Fsp3) is 0.235. The van der Waals surface area contributed by atoms with Crippen LogP contribution in [0.5, 0.6) is 5.75 Å². The summed E-state index contributed by atoms with van der Waals surface area (Å²) in [5.74, 6) is 0.871. The number of rotatable bonds is 5. The molecule has 0 aliphatic heterocycles. The fourth-order valence-electron chi connectivity index (χ4n) is 2.07. The first-order valence-electron chi connectivity index (χ1n) is 6.60. The third-order valence-corrected chi connectivity index (χ3v) is 3.16. The molecule has 102 valence electrons. The van der Waals surface area contributed by atoms with Gasteiger partial charge in [0.2, 0.25) is 0 Å². The Labute approximate surface area is 119 Å². The number of nitrogens with zero attached hydrogens (tertiary/aromatic N) is 1. The van der Waals surface area contributed by atoms with E-state index in [4.69, 9.17) is 10.00 Å². The van der Waals surface area contributed by atoms with Crippen LogP contribution in [0.1, 0.15) is 16.7 Å². The van der Waals surface area contributed by atoms with Gasteiger partial charge in [-0.1, -0.05) is 18.2 Å². The molecule has 3 nitrogen and oxygen atoms in total. The summed E-state index contributed by atoms with van der Waals surface area (Å²) in [6, 6.07) is 16.0. The Morgan fingerprint density at radius 1 is 1.20 bits per heavy atom. The number of aryl methyl sites for hydroxylation is 1. The Hall–Kier alpha value is -2.47. The van der Waals surface area contributed by atoms with Gasteiger partial charge in [0, 0.05) is 6.54 Å². The lowest BCUT2D eigenvalue weighted by molar-refractivity contribution is 0.414. The van der Waals surface area contributed by atoms with Gasteiger partial charge in [-0.3, -0.25) is 0 Å². The fourth-order valence-corrected chi connectivity index (χ4v) is 2.07. The van der Waals surface area contributed by atoms with E-state index in [1.54, 1.807) is 7.11 Å². The highest BCUT2D eigenvalue weighted by atomic mass is 16.5. The molecule has 0 amide bonds. The minimum absolute atomic E-state index is 0.682. The molecule has 0 atom stereocenters. The molecule has 0 aliphatic rings. The van der Waals surface area contributed by atoms with Crippen LogP contribution in [0.3, 0.4) is 0 Å². The second kappa shape index (κ2) is 6.63. The van der Waals surface area contributed by atoms with Crippen molar-refractivity contribution in [3.63, 3.8) is 0 Å². The summed E-state index contributed by atoms with van der Waals surface area (Å²) < 4.78 is 5.21. The van der Waals surface area contributed by atoms with E-state index in [1.165, 1.54) is 5.56 Å². The van der Waals surface area contributed by atoms with Crippen molar-refractivity contribution < 1.29 is 4.74 Å². The molecule has 1 N–H and O–H groups in total. The van der Waals surface area contributed by atoms with Gasteiger partial charge in [0.05, 0.1) is 18.4 Å². The van der Waals surface area contributed by atoms with E-state index in [0.717, 1.165) is 30.0 Å². The first kappa shape index (κ1) is 14.0. The highest BCUT2D eigenvalue weighted by Gasteiger charge is 2.02. The molecule has 0 saturated heterocycles. The van der Waals surface area contributed by atoms with E-state index in [0.29, 0.717) is 5.56 Å². The summed E-state index contributed by atoms with van der Waals surface area (Å²) in [5.41, 5.74) is 3.94. The first-order chi connectivity index (χ1) is 9.72. The molecule has 2 rings (SSSR count). The summed E-state index contributed by atoms with van der Waals surface area (Å²) in [6.45, 7) is 2.81. The van der Waals surface area contributed by atoms with Crippen LogP contribution in [0.4, 0.5) is 5.69 Å². The minimum atomic E-state index is 0.682. The van der Waals surface area contributed by atoms with Gasteiger partial charge < -0.3 is 10.1 Å². The van der Waals surface area contributed by atoms with E-state index in [-0.39, 0.29) is 0 Å². The number of ether oxygens (including phenoxy) is 1. The molecule has 0 aliphatic carbocycles. The monoisotopic (exact) mass is 266 g/mol. The summed E-state index contributed by atoms with van der Waals surface area (Å²) in [7, 11) is 1.67. The van der Waals surface area contributed by atoms with E-state index in [2.05, 4.69) is 17.5 Å². The van der Waals surface area contributed by atoms with Gasteiger partial charge in [-0.25, -0.2) is 0 Å². The molecule has 0 spiro atoms. The van der Waals surface area contributed by atoms with E-state index < -0.39 is 0 Å². The van der Waals surface area contributed by atoms with Crippen molar-refractivity contribution in [3.05, 3.63) is 59.2 Å². The number of nitrogens with one attached hydrogen (secondary N) is 1. The molecule has 0 unspecified atom stereocenters. The minimum Gasteiger partial charge on any atom is -0.497 e. The maximum atomic E-state index is 9.09. The molecule has 2 aromatic carbocycles. The van der Waals surface area contributed by atoms with Gasteiger partial charge in [0.15, 0.2) is 0 Å². The number of hydrogen-bond donors (Lipinski definition) is 1. The van der Waals surface area contributed by atoms with E-state index in [9.17, 15) is 0 Å². The quantitative estimate of drug-likeness (QED) is 0.900. The van der Waals surface area contributed by atoms with Crippen LogP contribution in [0.2, 0.25) is 0 Å². The van der Waals surface area contributed by atoms with Gasteiger partial charge in [0.25, 0.3) is 0 Å². The second-order valence-electron chi connectivity index (χ2n) is 4.69. The number of methoxy groups -OCH3 is 1. The van der Waals surface area contributed by atoms with Crippen LogP contribution < -0.4 is 10.1 Å². The lowest BCUT2D eigenvalue weighted by Gasteiger charge is -2.10. The van der Waals surface area contributed by atoms with Crippen LogP contribution in [0.15, 0.2) is 42.5 Å². The topological polar surface area (TPSA) is 45.0 Å². The lowest BCUT2D eigenvalue weighted by Crippen LogP contribution is -2.06. The van der Waals surface area contributed by atoms with Crippen molar-refractivity contribution in [1.82, 2.24) is 0 Å². The van der Waals surface area contributed by atoms with E-state index >= 15 is 0 Å². The normalized spacial score (nSPS) is 9.85. The van der Waals surface area contributed by atoms with Gasteiger partial charge >= 0.3 is 0 Å².